The number of anilines is 1. The van der Waals surface area contributed by atoms with Crippen LogP contribution in [0.4, 0.5) is 10.5 Å². The number of halogens is 2. The van der Waals surface area contributed by atoms with Gasteiger partial charge in [-0.3, -0.25) is 0 Å². The normalized spacial score (nSPS) is 12.7. The number of carboxylic acid groups (broad SMARTS) is 1. The molecule has 7 heteroatoms. The number of hydrogen-bond donors (Lipinski definition) is 3. The van der Waals surface area contributed by atoms with Crippen molar-refractivity contribution >= 4 is 45.2 Å². The van der Waals surface area contributed by atoms with Crippen LogP contribution in [0, 0.1) is 5.41 Å². The molecule has 110 valence electrons. The van der Waals surface area contributed by atoms with Gasteiger partial charge in [0.05, 0.1) is 5.69 Å². The molecule has 0 bridgehead atoms. The highest BCUT2D eigenvalue weighted by Crippen LogP contribution is 2.26. The average molecular weight is 364 g/mol. The minimum Gasteiger partial charge on any atom is -0.480 e. The Kier molecular flexibility index (Phi) is 5.42. The Morgan fingerprint density at radius 3 is 2.40 bits per heavy atom. The molecule has 0 saturated carbocycles. The van der Waals surface area contributed by atoms with Gasteiger partial charge >= 0.3 is 12.0 Å². The summed E-state index contributed by atoms with van der Waals surface area (Å²) >= 11 is 9.07. The van der Waals surface area contributed by atoms with E-state index < -0.39 is 23.5 Å². The smallest absolute Gasteiger partial charge is 0.326 e. The van der Waals surface area contributed by atoms with Gasteiger partial charge in [-0.25, -0.2) is 9.59 Å². The highest BCUT2D eigenvalue weighted by Gasteiger charge is 2.32. The number of aliphatic carboxylic acids is 1. The van der Waals surface area contributed by atoms with Crippen LogP contribution in [0.5, 0.6) is 0 Å². The number of nitrogens with one attached hydrogen (secondary N) is 2. The first-order valence-electron chi connectivity index (χ1n) is 5.86. The van der Waals surface area contributed by atoms with Crippen molar-refractivity contribution < 1.29 is 14.7 Å². The van der Waals surface area contributed by atoms with E-state index >= 15 is 0 Å². The lowest BCUT2D eigenvalue weighted by molar-refractivity contribution is -0.141. The fourth-order valence-corrected chi connectivity index (χ4v) is 2.31. The molecule has 20 heavy (non-hydrogen) atoms. The first-order valence-corrected chi connectivity index (χ1v) is 7.03. The minimum absolute atomic E-state index is 0.505. The molecule has 0 aliphatic carbocycles. The van der Waals surface area contributed by atoms with Crippen LogP contribution in [0.3, 0.4) is 0 Å². The van der Waals surface area contributed by atoms with Crippen molar-refractivity contribution in [1.29, 1.82) is 0 Å². The van der Waals surface area contributed by atoms with Crippen LogP contribution in [0.2, 0.25) is 5.02 Å². The lowest BCUT2D eigenvalue weighted by Crippen LogP contribution is -2.50. The predicted molar refractivity (Wildman–Crippen MR) is 82.2 cm³/mol. The van der Waals surface area contributed by atoms with E-state index in [1.54, 1.807) is 39.0 Å². The first kappa shape index (κ1) is 16.8. The molecule has 0 heterocycles. The third-order valence-corrected chi connectivity index (χ3v) is 3.46. The molecular formula is C13H16BrClN2O3. The van der Waals surface area contributed by atoms with Gasteiger partial charge < -0.3 is 15.7 Å². The molecule has 2 amide bonds. The standard InChI is InChI=1S/C13H16BrClN2O3/c1-13(2,3)10(11(18)19)17-12(20)16-9-5-4-7(15)6-8(9)14/h4-6,10H,1-3H3,(H,18,19)(H2,16,17,20). The SMILES string of the molecule is CC(C)(C)C(NC(=O)Nc1ccc(Cl)cc1Br)C(=O)O. The summed E-state index contributed by atoms with van der Waals surface area (Å²) in [7, 11) is 0. The molecule has 3 N–H and O–H groups in total. The molecule has 1 aromatic carbocycles. The molecule has 5 nitrogen and oxygen atoms in total. The Morgan fingerprint density at radius 2 is 1.95 bits per heavy atom. The molecule has 0 aromatic heterocycles. The van der Waals surface area contributed by atoms with E-state index in [2.05, 4.69) is 26.6 Å². The lowest BCUT2D eigenvalue weighted by Gasteiger charge is -2.27. The van der Waals surface area contributed by atoms with E-state index in [9.17, 15) is 9.59 Å². The van der Waals surface area contributed by atoms with Crippen LogP contribution in [0.1, 0.15) is 20.8 Å². The summed E-state index contributed by atoms with van der Waals surface area (Å²) in [6.45, 7) is 5.22. The molecule has 1 unspecified atom stereocenters. The van der Waals surface area contributed by atoms with Crippen LogP contribution >= 0.6 is 27.5 Å². The Balaban J connectivity index is 2.79. The highest BCUT2D eigenvalue weighted by atomic mass is 79.9. The van der Waals surface area contributed by atoms with Gasteiger partial charge in [-0.1, -0.05) is 32.4 Å². The van der Waals surface area contributed by atoms with Crippen molar-refractivity contribution in [3.05, 3.63) is 27.7 Å². The van der Waals surface area contributed by atoms with Gasteiger partial charge in [-0.05, 0) is 39.5 Å². The number of hydrogen-bond acceptors (Lipinski definition) is 2. The number of rotatable bonds is 3. The number of carbonyl (C=O) groups excluding carboxylic acids is 1. The summed E-state index contributed by atoms with van der Waals surface area (Å²) in [6, 6.07) is 3.30. The van der Waals surface area contributed by atoms with Crippen molar-refractivity contribution in [2.45, 2.75) is 26.8 Å². The number of carbonyl (C=O) groups is 2. The maximum Gasteiger partial charge on any atom is 0.326 e. The Bertz CT molecular complexity index is 529. The molecule has 0 radical (unpaired) electrons. The summed E-state index contributed by atoms with van der Waals surface area (Å²) in [5, 5.41) is 14.7. The first-order chi connectivity index (χ1) is 9.11. The Labute approximate surface area is 130 Å². The monoisotopic (exact) mass is 362 g/mol. The summed E-state index contributed by atoms with van der Waals surface area (Å²) in [5.74, 6) is -1.08. The summed E-state index contributed by atoms with van der Waals surface area (Å²) in [5.41, 5.74) is -0.0922. The number of carboxylic acids is 1. The highest BCUT2D eigenvalue weighted by molar-refractivity contribution is 9.10. The maximum absolute atomic E-state index is 11.9. The van der Waals surface area contributed by atoms with Crippen LogP contribution in [-0.2, 0) is 4.79 Å². The third-order valence-electron chi connectivity index (χ3n) is 2.57. The fraction of sp³-hybridized carbons (Fsp3) is 0.385. The van der Waals surface area contributed by atoms with Crippen molar-refractivity contribution in [2.75, 3.05) is 5.32 Å². The molecule has 0 saturated heterocycles. The van der Waals surface area contributed by atoms with Crippen molar-refractivity contribution in [3.8, 4) is 0 Å². The van der Waals surface area contributed by atoms with E-state index in [0.29, 0.717) is 15.2 Å². The number of amides is 2. The zero-order valence-electron chi connectivity index (χ0n) is 11.3. The minimum atomic E-state index is -1.08. The zero-order chi connectivity index (χ0) is 15.5. The second-order valence-electron chi connectivity index (χ2n) is 5.36. The van der Waals surface area contributed by atoms with Crippen molar-refractivity contribution in [1.82, 2.24) is 5.32 Å². The molecule has 1 aromatic rings. The molecular weight excluding hydrogens is 348 g/mol. The van der Waals surface area contributed by atoms with Crippen LogP contribution in [-0.4, -0.2) is 23.1 Å². The van der Waals surface area contributed by atoms with Crippen molar-refractivity contribution in [2.24, 2.45) is 5.41 Å². The summed E-state index contributed by atoms with van der Waals surface area (Å²) in [4.78, 5) is 23.0. The third kappa shape index (κ3) is 4.68. The topological polar surface area (TPSA) is 78.4 Å². The van der Waals surface area contributed by atoms with E-state index in [1.165, 1.54) is 0 Å². The van der Waals surface area contributed by atoms with Gasteiger partial charge in [0.1, 0.15) is 6.04 Å². The number of urea groups is 1. The van der Waals surface area contributed by atoms with Gasteiger partial charge in [-0.15, -0.1) is 0 Å². The second kappa shape index (κ2) is 6.45. The molecule has 0 aliphatic rings. The molecule has 0 fully saturated rings. The van der Waals surface area contributed by atoms with Gasteiger partial charge in [-0.2, -0.15) is 0 Å². The zero-order valence-corrected chi connectivity index (χ0v) is 13.7. The van der Waals surface area contributed by atoms with E-state index in [1.807, 2.05) is 0 Å². The predicted octanol–water partition coefficient (Wildman–Crippen LogP) is 3.72. The molecule has 1 rings (SSSR count). The Hall–Kier alpha value is -1.27. The van der Waals surface area contributed by atoms with Gasteiger partial charge in [0, 0.05) is 9.50 Å². The van der Waals surface area contributed by atoms with Crippen molar-refractivity contribution in [3.63, 3.8) is 0 Å². The van der Waals surface area contributed by atoms with Gasteiger partial charge in [0.25, 0.3) is 0 Å². The Morgan fingerprint density at radius 1 is 1.35 bits per heavy atom. The van der Waals surface area contributed by atoms with E-state index in [-0.39, 0.29) is 0 Å². The lowest BCUT2D eigenvalue weighted by atomic mass is 9.87. The molecule has 0 spiro atoms. The average Bonchev–Trinajstić information content (AvgIpc) is 2.28. The number of benzene rings is 1. The summed E-state index contributed by atoms with van der Waals surface area (Å²) in [6.07, 6.45) is 0. The maximum atomic E-state index is 11.9. The summed E-state index contributed by atoms with van der Waals surface area (Å²) < 4.78 is 0.614. The fourth-order valence-electron chi connectivity index (χ4n) is 1.53. The van der Waals surface area contributed by atoms with Crippen LogP contribution in [0.15, 0.2) is 22.7 Å². The largest absolute Gasteiger partial charge is 0.480 e. The van der Waals surface area contributed by atoms with Gasteiger partial charge in [0.2, 0.25) is 0 Å². The second-order valence-corrected chi connectivity index (χ2v) is 6.65. The van der Waals surface area contributed by atoms with E-state index in [4.69, 9.17) is 16.7 Å². The van der Waals surface area contributed by atoms with E-state index in [0.717, 1.165) is 0 Å². The van der Waals surface area contributed by atoms with Crippen LogP contribution in [0.25, 0.3) is 0 Å². The van der Waals surface area contributed by atoms with Gasteiger partial charge in [0.15, 0.2) is 0 Å². The molecule has 0 aliphatic heterocycles. The van der Waals surface area contributed by atoms with Crippen LogP contribution < -0.4 is 10.6 Å². The molecule has 1 atom stereocenters. The quantitative estimate of drug-likeness (QED) is 0.766.